The number of benzene rings is 2. The first kappa shape index (κ1) is 22.2. The first-order chi connectivity index (χ1) is 16.6. The Balaban J connectivity index is 1.25. The molecule has 0 spiro atoms. The molecule has 5 nitrogen and oxygen atoms in total. The number of aromatic nitrogens is 3. The number of aryl methyl sites for hydroxylation is 4. The van der Waals surface area contributed by atoms with Crippen molar-refractivity contribution >= 4 is 17.2 Å². The molecule has 0 saturated heterocycles. The molecule has 2 aromatic heterocycles. The lowest BCUT2D eigenvalue weighted by molar-refractivity contribution is 0.654. The fraction of sp³-hybridized carbons (Fsp3) is 0.310. The standard InChI is InChI=1S/C29H33N5/c1-21-9-7-10-22(2)28(21)24-13-15-26(16-14-24)34-20-33(27-12-8-17-30-29(27)34)18-6-4-5-11-25-19-23(3)31-32-25/h7-10,12-17,19H,4-6,11,18,20H2,1-3H3,(H,31,32). The highest BCUT2D eigenvalue weighted by atomic mass is 15.4. The number of nitrogens with zero attached hydrogens (tertiary/aromatic N) is 4. The van der Waals surface area contributed by atoms with Crippen molar-refractivity contribution in [3.8, 4) is 11.1 Å². The molecule has 2 aromatic carbocycles. The Bertz CT molecular complexity index is 1240. The van der Waals surface area contributed by atoms with Gasteiger partial charge in [-0.2, -0.15) is 5.10 Å². The summed E-state index contributed by atoms with van der Waals surface area (Å²) in [4.78, 5) is 9.52. The SMILES string of the molecule is Cc1cc(CCCCCN2CN(c3ccc(-c4c(C)cccc4C)cc3)c3ncccc32)n[nH]1. The van der Waals surface area contributed by atoms with E-state index in [2.05, 4.69) is 95.4 Å². The number of pyridine rings is 1. The predicted molar refractivity (Wildman–Crippen MR) is 141 cm³/mol. The van der Waals surface area contributed by atoms with Crippen LogP contribution in [0.3, 0.4) is 0 Å². The summed E-state index contributed by atoms with van der Waals surface area (Å²) >= 11 is 0. The molecule has 0 radical (unpaired) electrons. The summed E-state index contributed by atoms with van der Waals surface area (Å²) in [6, 6.07) is 21.8. The second-order valence-electron chi connectivity index (χ2n) is 9.35. The third kappa shape index (κ3) is 4.56. The lowest BCUT2D eigenvalue weighted by Gasteiger charge is -2.22. The van der Waals surface area contributed by atoms with Crippen LogP contribution < -0.4 is 9.80 Å². The summed E-state index contributed by atoms with van der Waals surface area (Å²) in [6.07, 6.45) is 6.47. The summed E-state index contributed by atoms with van der Waals surface area (Å²) in [6.45, 7) is 8.30. The van der Waals surface area contributed by atoms with Crippen LogP contribution in [0.25, 0.3) is 11.1 Å². The topological polar surface area (TPSA) is 48.1 Å². The highest BCUT2D eigenvalue weighted by molar-refractivity contribution is 5.80. The summed E-state index contributed by atoms with van der Waals surface area (Å²) in [5, 5.41) is 7.38. The van der Waals surface area contributed by atoms with Crippen LogP contribution in [-0.4, -0.2) is 28.4 Å². The van der Waals surface area contributed by atoms with E-state index in [0.717, 1.165) is 37.6 Å². The molecule has 5 rings (SSSR count). The molecule has 0 aliphatic carbocycles. The van der Waals surface area contributed by atoms with Crippen molar-refractivity contribution in [3.05, 3.63) is 89.4 Å². The molecule has 0 amide bonds. The van der Waals surface area contributed by atoms with Crippen LogP contribution in [0, 0.1) is 20.8 Å². The van der Waals surface area contributed by atoms with E-state index < -0.39 is 0 Å². The Morgan fingerprint density at radius 3 is 2.41 bits per heavy atom. The molecule has 174 valence electrons. The molecule has 4 aromatic rings. The number of hydrogen-bond acceptors (Lipinski definition) is 4. The van der Waals surface area contributed by atoms with Crippen molar-refractivity contribution in [1.29, 1.82) is 0 Å². The fourth-order valence-corrected chi connectivity index (χ4v) is 5.02. The third-order valence-corrected chi connectivity index (χ3v) is 6.74. The Labute approximate surface area is 202 Å². The minimum atomic E-state index is 0.841. The van der Waals surface area contributed by atoms with Gasteiger partial charge in [0.2, 0.25) is 0 Å². The van der Waals surface area contributed by atoms with Crippen LogP contribution in [0.5, 0.6) is 0 Å². The Hall–Kier alpha value is -3.60. The zero-order valence-electron chi connectivity index (χ0n) is 20.4. The average Bonchev–Trinajstić information content (AvgIpc) is 3.43. The number of aromatic amines is 1. The average molecular weight is 452 g/mol. The van der Waals surface area contributed by atoms with Crippen molar-refractivity contribution in [3.63, 3.8) is 0 Å². The highest BCUT2D eigenvalue weighted by Crippen LogP contribution is 2.39. The monoisotopic (exact) mass is 451 g/mol. The zero-order valence-corrected chi connectivity index (χ0v) is 20.4. The molecular formula is C29H33N5. The van der Waals surface area contributed by atoms with Crippen molar-refractivity contribution in [2.75, 3.05) is 23.0 Å². The molecule has 0 bridgehead atoms. The summed E-state index contributed by atoms with van der Waals surface area (Å²) in [7, 11) is 0. The van der Waals surface area contributed by atoms with Crippen LogP contribution in [0.1, 0.15) is 41.8 Å². The van der Waals surface area contributed by atoms with E-state index in [1.165, 1.54) is 52.2 Å². The van der Waals surface area contributed by atoms with Gasteiger partial charge in [-0.25, -0.2) is 4.98 Å². The van der Waals surface area contributed by atoms with Crippen LogP contribution in [0.15, 0.2) is 66.9 Å². The molecule has 3 heterocycles. The number of hydrogen-bond donors (Lipinski definition) is 1. The normalized spacial score (nSPS) is 12.9. The summed E-state index contributed by atoms with van der Waals surface area (Å²) in [5.74, 6) is 1.05. The van der Waals surface area contributed by atoms with Gasteiger partial charge in [-0.1, -0.05) is 36.8 Å². The van der Waals surface area contributed by atoms with Gasteiger partial charge in [0.05, 0.1) is 18.1 Å². The lowest BCUT2D eigenvalue weighted by atomic mass is 9.96. The molecule has 1 N–H and O–H groups in total. The number of H-pyrrole nitrogens is 1. The van der Waals surface area contributed by atoms with Crippen LogP contribution in [0.2, 0.25) is 0 Å². The van der Waals surface area contributed by atoms with Gasteiger partial charge in [0, 0.05) is 24.1 Å². The van der Waals surface area contributed by atoms with Crippen LogP contribution >= 0.6 is 0 Å². The molecule has 0 atom stereocenters. The molecule has 0 saturated carbocycles. The molecule has 34 heavy (non-hydrogen) atoms. The molecule has 5 heteroatoms. The van der Waals surface area contributed by atoms with E-state index in [4.69, 9.17) is 4.98 Å². The van der Waals surface area contributed by atoms with Gasteiger partial charge in [-0.15, -0.1) is 0 Å². The van der Waals surface area contributed by atoms with Gasteiger partial charge in [-0.05, 0) is 92.6 Å². The van der Waals surface area contributed by atoms with E-state index in [0.29, 0.717) is 0 Å². The molecule has 1 aliphatic rings. The van der Waals surface area contributed by atoms with Crippen molar-refractivity contribution < 1.29 is 0 Å². The number of fused-ring (bicyclic) bond motifs is 1. The van der Waals surface area contributed by atoms with E-state index in [1.807, 2.05) is 12.3 Å². The van der Waals surface area contributed by atoms with E-state index in [9.17, 15) is 0 Å². The maximum atomic E-state index is 4.74. The minimum Gasteiger partial charge on any atom is -0.350 e. The molecule has 1 aliphatic heterocycles. The Kier molecular flexibility index (Phi) is 6.35. The van der Waals surface area contributed by atoms with Gasteiger partial charge in [0.1, 0.15) is 0 Å². The van der Waals surface area contributed by atoms with Crippen molar-refractivity contribution in [2.45, 2.75) is 46.5 Å². The highest BCUT2D eigenvalue weighted by Gasteiger charge is 2.27. The molecule has 0 fully saturated rings. The van der Waals surface area contributed by atoms with Crippen LogP contribution in [0.4, 0.5) is 17.2 Å². The number of rotatable bonds is 8. The number of anilines is 3. The quantitative estimate of drug-likeness (QED) is 0.302. The number of nitrogens with one attached hydrogen (secondary N) is 1. The smallest absolute Gasteiger partial charge is 0.158 e. The molecule has 0 unspecified atom stereocenters. The van der Waals surface area contributed by atoms with Crippen LogP contribution in [-0.2, 0) is 6.42 Å². The van der Waals surface area contributed by atoms with Gasteiger partial charge >= 0.3 is 0 Å². The second kappa shape index (κ2) is 9.72. The first-order valence-corrected chi connectivity index (χ1v) is 12.3. The van der Waals surface area contributed by atoms with E-state index in [1.54, 1.807) is 0 Å². The lowest BCUT2D eigenvalue weighted by Crippen LogP contribution is -2.28. The second-order valence-corrected chi connectivity index (χ2v) is 9.35. The maximum absolute atomic E-state index is 4.74. The van der Waals surface area contributed by atoms with Gasteiger partial charge in [0.25, 0.3) is 0 Å². The Morgan fingerprint density at radius 2 is 1.68 bits per heavy atom. The third-order valence-electron chi connectivity index (χ3n) is 6.74. The van der Waals surface area contributed by atoms with Gasteiger partial charge in [0.15, 0.2) is 5.82 Å². The Morgan fingerprint density at radius 1 is 0.882 bits per heavy atom. The zero-order chi connectivity index (χ0) is 23.5. The largest absolute Gasteiger partial charge is 0.350 e. The van der Waals surface area contributed by atoms with Gasteiger partial charge in [-0.3, -0.25) is 5.10 Å². The maximum Gasteiger partial charge on any atom is 0.158 e. The first-order valence-electron chi connectivity index (χ1n) is 12.3. The van der Waals surface area contributed by atoms with E-state index in [-0.39, 0.29) is 0 Å². The van der Waals surface area contributed by atoms with Crippen molar-refractivity contribution in [1.82, 2.24) is 15.2 Å². The van der Waals surface area contributed by atoms with Gasteiger partial charge < -0.3 is 9.80 Å². The van der Waals surface area contributed by atoms with E-state index >= 15 is 0 Å². The summed E-state index contributed by atoms with van der Waals surface area (Å²) < 4.78 is 0. The van der Waals surface area contributed by atoms with Crippen molar-refractivity contribution in [2.24, 2.45) is 0 Å². The summed E-state index contributed by atoms with van der Waals surface area (Å²) in [5.41, 5.74) is 9.95. The number of unbranched alkanes of at least 4 members (excludes halogenated alkanes) is 2. The molecular weight excluding hydrogens is 418 g/mol. The fourth-order valence-electron chi connectivity index (χ4n) is 5.02. The minimum absolute atomic E-state index is 0.841. The predicted octanol–water partition coefficient (Wildman–Crippen LogP) is 6.73.